The van der Waals surface area contributed by atoms with E-state index in [1.54, 1.807) is 11.3 Å². The zero-order valence-electron chi connectivity index (χ0n) is 15.4. The Hall–Kier alpha value is -2.00. The molecule has 0 radical (unpaired) electrons. The minimum absolute atomic E-state index is 0.661. The number of rotatable bonds is 4. The lowest BCUT2D eigenvalue weighted by Crippen LogP contribution is -2.10. The van der Waals surface area contributed by atoms with Gasteiger partial charge in [-0.25, -0.2) is 0 Å². The van der Waals surface area contributed by atoms with Crippen LogP contribution in [0.2, 0.25) is 0 Å². The fraction of sp³-hybridized carbons (Fsp3) is 0.261. The molecule has 2 nitrogen and oxygen atoms in total. The Labute approximate surface area is 177 Å². The van der Waals surface area contributed by atoms with E-state index in [0.29, 0.717) is 5.25 Å². The lowest BCUT2D eigenvalue weighted by atomic mass is 10.0. The molecule has 140 valence electrons. The maximum absolute atomic E-state index is 9.68. The van der Waals surface area contributed by atoms with Crippen molar-refractivity contribution in [1.29, 1.82) is 5.26 Å². The number of thiophene rings is 2. The molecule has 5 rings (SSSR count). The Kier molecular flexibility index (Phi) is 5.02. The molecular formula is C23H20N2S3. The number of nitrogens with zero attached hydrogens (tertiary/aromatic N) is 2. The van der Waals surface area contributed by atoms with Crippen molar-refractivity contribution in [3.63, 3.8) is 0 Å². The lowest BCUT2D eigenvalue weighted by Gasteiger charge is -2.22. The van der Waals surface area contributed by atoms with Crippen molar-refractivity contribution in [3.8, 4) is 27.8 Å². The van der Waals surface area contributed by atoms with Gasteiger partial charge in [0.15, 0.2) is 0 Å². The number of para-hydroxylation sites is 1. The molecule has 5 heteroatoms. The maximum atomic E-state index is 9.68. The normalized spacial score (nSPS) is 15.1. The summed E-state index contributed by atoms with van der Waals surface area (Å²) < 4.78 is 2.46. The summed E-state index contributed by atoms with van der Waals surface area (Å²) in [4.78, 5) is 2.06. The molecule has 1 aliphatic rings. The topological polar surface area (TPSA) is 28.7 Å². The highest BCUT2D eigenvalue weighted by Gasteiger charge is 2.25. The molecular weight excluding hydrogens is 400 g/mol. The van der Waals surface area contributed by atoms with E-state index in [2.05, 4.69) is 57.9 Å². The molecule has 0 atom stereocenters. The van der Waals surface area contributed by atoms with Gasteiger partial charge in [0, 0.05) is 21.8 Å². The molecule has 1 saturated carbocycles. The SMILES string of the molecule is N#Cc1sccc1-c1c(-c2cccs2)n(SC2CCCCC2)c2ccccc12. The van der Waals surface area contributed by atoms with Crippen molar-refractivity contribution in [3.05, 3.63) is 58.1 Å². The number of aromatic nitrogens is 1. The third kappa shape index (κ3) is 3.10. The van der Waals surface area contributed by atoms with Gasteiger partial charge in [-0.3, -0.25) is 3.97 Å². The summed E-state index contributed by atoms with van der Waals surface area (Å²) >= 11 is 5.30. The monoisotopic (exact) mass is 420 g/mol. The van der Waals surface area contributed by atoms with Gasteiger partial charge >= 0.3 is 0 Å². The van der Waals surface area contributed by atoms with Crippen LogP contribution < -0.4 is 0 Å². The van der Waals surface area contributed by atoms with E-state index in [9.17, 15) is 5.26 Å². The zero-order valence-corrected chi connectivity index (χ0v) is 17.9. The number of nitriles is 1. The molecule has 0 bridgehead atoms. The Morgan fingerprint density at radius 3 is 2.61 bits per heavy atom. The largest absolute Gasteiger partial charge is 0.282 e. The van der Waals surface area contributed by atoms with Crippen LogP contribution in [-0.2, 0) is 0 Å². The fourth-order valence-corrected chi connectivity index (χ4v) is 7.07. The van der Waals surface area contributed by atoms with Gasteiger partial charge in [-0.05, 0) is 53.7 Å². The summed E-state index contributed by atoms with van der Waals surface area (Å²) in [6.07, 6.45) is 6.62. The molecule has 0 saturated heterocycles. The van der Waals surface area contributed by atoms with Crippen molar-refractivity contribution < 1.29 is 0 Å². The van der Waals surface area contributed by atoms with Crippen molar-refractivity contribution in [2.45, 2.75) is 37.4 Å². The number of fused-ring (bicyclic) bond motifs is 1. The van der Waals surface area contributed by atoms with E-state index in [1.165, 1.54) is 70.5 Å². The minimum atomic E-state index is 0.661. The van der Waals surface area contributed by atoms with E-state index in [0.717, 1.165) is 10.4 Å². The lowest BCUT2D eigenvalue weighted by molar-refractivity contribution is 0.515. The highest BCUT2D eigenvalue weighted by molar-refractivity contribution is 7.98. The maximum Gasteiger partial charge on any atom is 0.112 e. The summed E-state index contributed by atoms with van der Waals surface area (Å²) in [6.45, 7) is 0. The predicted molar refractivity (Wildman–Crippen MR) is 123 cm³/mol. The van der Waals surface area contributed by atoms with Crippen molar-refractivity contribution in [1.82, 2.24) is 3.97 Å². The van der Waals surface area contributed by atoms with Gasteiger partial charge in [-0.2, -0.15) is 5.26 Å². The van der Waals surface area contributed by atoms with Crippen LogP contribution in [0.25, 0.3) is 32.6 Å². The molecule has 1 aromatic carbocycles. The van der Waals surface area contributed by atoms with Crippen LogP contribution in [0.4, 0.5) is 0 Å². The van der Waals surface area contributed by atoms with E-state index < -0.39 is 0 Å². The minimum Gasteiger partial charge on any atom is -0.282 e. The summed E-state index contributed by atoms with van der Waals surface area (Å²) in [5.74, 6) is 0. The van der Waals surface area contributed by atoms with E-state index in [4.69, 9.17) is 0 Å². The van der Waals surface area contributed by atoms with Gasteiger partial charge in [0.2, 0.25) is 0 Å². The van der Waals surface area contributed by atoms with E-state index >= 15 is 0 Å². The van der Waals surface area contributed by atoms with Gasteiger partial charge in [0.05, 0.1) is 16.1 Å². The highest BCUT2D eigenvalue weighted by Crippen LogP contribution is 2.47. The Morgan fingerprint density at radius 2 is 1.82 bits per heavy atom. The molecule has 3 aromatic heterocycles. The van der Waals surface area contributed by atoms with Gasteiger partial charge in [-0.15, -0.1) is 22.7 Å². The molecule has 0 aliphatic heterocycles. The van der Waals surface area contributed by atoms with Crippen LogP contribution in [-0.4, -0.2) is 9.22 Å². The van der Waals surface area contributed by atoms with Crippen LogP contribution in [0, 0.1) is 11.3 Å². The number of hydrogen-bond donors (Lipinski definition) is 0. The highest BCUT2D eigenvalue weighted by atomic mass is 32.2. The van der Waals surface area contributed by atoms with Crippen LogP contribution in [0.15, 0.2) is 53.2 Å². The fourth-order valence-electron chi connectivity index (χ4n) is 4.14. The second-order valence-electron chi connectivity index (χ2n) is 7.15. The van der Waals surface area contributed by atoms with Crippen LogP contribution in [0.1, 0.15) is 37.0 Å². The van der Waals surface area contributed by atoms with Gasteiger partial charge < -0.3 is 0 Å². The van der Waals surface area contributed by atoms with E-state index in [1.807, 2.05) is 17.3 Å². The molecule has 0 N–H and O–H groups in total. The van der Waals surface area contributed by atoms with Crippen LogP contribution in [0.5, 0.6) is 0 Å². The summed E-state index contributed by atoms with van der Waals surface area (Å²) in [7, 11) is 0. The Bertz CT molecular complexity index is 1140. The Balaban J connectivity index is 1.79. The molecule has 1 fully saturated rings. The van der Waals surface area contributed by atoms with Crippen molar-refractivity contribution >= 4 is 45.5 Å². The average molecular weight is 421 g/mol. The Morgan fingerprint density at radius 1 is 0.964 bits per heavy atom. The van der Waals surface area contributed by atoms with Crippen LogP contribution >= 0.6 is 34.6 Å². The molecule has 4 aromatic rings. The second-order valence-corrected chi connectivity index (χ2v) is 10.3. The van der Waals surface area contributed by atoms with Gasteiger partial charge in [0.1, 0.15) is 10.9 Å². The van der Waals surface area contributed by atoms with Crippen molar-refractivity contribution in [2.75, 3.05) is 0 Å². The summed E-state index contributed by atoms with van der Waals surface area (Å²) in [5, 5.41) is 15.8. The van der Waals surface area contributed by atoms with Crippen molar-refractivity contribution in [2.24, 2.45) is 0 Å². The molecule has 0 amide bonds. The smallest absolute Gasteiger partial charge is 0.112 e. The predicted octanol–water partition coefficient (Wildman–Crippen LogP) is 7.80. The van der Waals surface area contributed by atoms with Gasteiger partial charge in [0.25, 0.3) is 0 Å². The van der Waals surface area contributed by atoms with Gasteiger partial charge in [-0.1, -0.05) is 43.5 Å². The van der Waals surface area contributed by atoms with Crippen LogP contribution in [0.3, 0.4) is 0 Å². The summed E-state index contributed by atoms with van der Waals surface area (Å²) in [6, 6.07) is 17.5. The number of benzene rings is 1. The third-order valence-electron chi connectivity index (χ3n) is 5.43. The molecule has 28 heavy (non-hydrogen) atoms. The first-order chi connectivity index (χ1) is 13.9. The first kappa shape index (κ1) is 18.1. The summed E-state index contributed by atoms with van der Waals surface area (Å²) in [5.41, 5.74) is 4.78. The first-order valence-corrected chi connectivity index (χ1v) is 12.3. The molecule has 1 aliphatic carbocycles. The quantitative estimate of drug-likeness (QED) is 0.337. The van der Waals surface area contributed by atoms with E-state index in [-0.39, 0.29) is 0 Å². The third-order valence-corrected chi connectivity index (χ3v) is 8.48. The molecule has 3 heterocycles. The standard InChI is InChI=1S/C23H20N2S3/c24-15-21-18(12-14-27-21)22-17-9-4-5-10-19(17)25(23(22)20-11-6-13-26-20)28-16-7-2-1-3-8-16/h4-6,9-14,16H,1-3,7-8H2. The zero-order chi connectivity index (χ0) is 18.9. The molecule has 0 unspecified atom stereocenters. The average Bonchev–Trinajstić information content (AvgIpc) is 3.47. The molecule has 0 spiro atoms. The second kappa shape index (κ2) is 7.79. The first-order valence-electron chi connectivity index (χ1n) is 9.69. The number of hydrogen-bond acceptors (Lipinski definition) is 4.